The summed E-state index contributed by atoms with van der Waals surface area (Å²) in [6.07, 6.45) is 1.12. The van der Waals surface area contributed by atoms with E-state index >= 15 is 0 Å². The molecule has 2 heterocycles. The molecule has 0 amide bonds. The Labute approximate surface area is 99.5 Å². The second kappa shape index (κ2) is 4.41. The zero-order valence-corrected chi connectivity index (χ0v) is 10.9. The SMILES string of the molecule is CC[C@@H](C)Sc1nc2nc(C)cc(C)n2n1. The Bertz CT molecular complexity index is 506. The first-order valence-corrected chi connectivity index (χ1v) is 6.35. The molecule has 0 fully saturated rings. The van der Waals surface area contributed by atoms with Gasteiger partial charge in [0.1, 0.15) is 0 Å². The highest BCUT2D eigenvalue weighted by Gasteiger charge is 2.10. The van der Waals surface area contributed by atoms with Crippen LogP contribution in [0, 0.1) is 13.8 Å². The molecule has 0 aliphatic carbocycles. The van der Waals surface area contributed by atoms with Gasteiger partial charge in [-0.15, -0.1) is 5.10 Å². The minimum Gasteiger partial charge on any atom is -0.216 e. The zero-order valence-electron chi connectivity index (χ0n) is 10.1. The Kier molecular flexibility index (Phi) is 3.14. The second-order valence-corrected chi connectivity index (χ2v) is 5.39. The first-order valence-electron chi connectivity index (χ1n) is 5.48. The average Bonchev–Trinajstić information content (AvgIpc) is 2.60. The summed E-state index contributed by atoms with van der Waals surface area (Å²) in [6, 6.07) is 2.01. The van der Waals surface area contributed by atoms with Gasteiger partial charge in [0, 0.05) is 16.6 Å². The molecule has 5 heteroatoms. The van der Waals surface area contributed by atoms with E-state index in [0.29, 0.717) is 11.0 Å². The van der Waals surface area contributed by atoms with Crippen LogP contribution in [0.1, 0.15) is 31.7 Å². The summed E-state index contributed by atoms with van der Waals surface area (Å²) < 4.78 is 1.80. The van der Waals surface area contributed by atoms with Gasteiger partial charge in [-0.1, -0.05) is 25.6 Å². The maximum atomic E-state index is 4.45. The van der Waals surface area contributed by atoms with Gasteiger partial charge in [-0.2, -0.15) is 4.98 Å². The van der Waals surface area contributed by atoms with E-state index in [2.05, 4.69) is 28.9 Å². The highest BCUT2D eigenvalue weighted by molar-refractivity contribution is 7.99. The van der Waals surface area contributed by atoms with Gasteiger partial charge in [0.2, 0.25) is 5.16 Å². The van der Waals surface area contributed by atoms with Gasteiger partial charge in [-0.3, -0.25) is 0 Å². The summed E-state index contributed by atoms with van der Waals surface area (Å²) in [5, 5.41) is 5.80. The van der Waals surface area contributed by atoms with Crippen LogP contribution in [0.25, 0.3) is 5.78 Å². The minimum absolute atomic E-state index is 0.541. The Balaban J connectivity index is 2.40. The maximum Gasteiger partial charge on any atom is 0.253 e. The van der Waals surface area contributed by atoms with Crippen LogP contribution in [-0.2, 0) is 0 Å². The number of nitrogens with zero attached hydrogens (tertiary/aromatic N) is 4. The monoisotopic (exact) mass is 236 g/mol. The average molecular weight is 236 g/mol. The van der Waals surface area contributed by atoms with E-state index in [0.717, 1.165) is 23.0 Å². The molecule has 0 N–H and O–H groups in total. The van der Waals surface area contributed by atoms with Gasteiger partial charge >= 0.3 is 0 Å². The van der Waals surface area contributed by atoms with Crippen molar-refractivity contribution in [2.24, 2.45) is 0 Å². The predicted molar refractivity (Wildman–Crippen MR) is 65.9 cm³/mol. The van der Waals surface area contributed by atoms with E-state index in [4.69, 9.17) is 0 Å². The standard InChI is InChI=1S/C11H16N4S/c1-5-9(4)16-11-13-10-12-7(2)6-8(3)15(10)14-11/h6,9H,5H2,1-4H3/t9-/m1/s1. The van der Waals surface area contributed by atoms with Crippen molar-refractivity contribution in [3.8, 4) is 0 Å². The fourth-order valence-corrected chi connectivity index (χ4v) is 2.25. The summed E-state index contributed by atoms with van der Waals surface area (Å²) in [5.41, 5.74) is 2.06. The molecule has 86 valence electrons. The lowest BCUT2D eigenvalue weighted by molar-refractivity contribution is 0.834. The summed E-state index contributed by atoms with van der Waals surface area (Å²) in [4.78, 5) is 8.79. The van der Waals surface area contributed by atoms with Crippen LogP contribution in [0.15, 0.2) is 11.2 Å². The minimum atomic E-state index is 0.541. The molecule has 2 aromatic rings. The summed E-state index contributed by atoms with van der Waals surface area (Å²) in [7, 11) is 0. The van der Waals surface area contributed by atoms with E-state index in [1.54, 1.807) is 16.3 Å². The largest absolute Gasteiger partial charge is 0.253 e. The van der Waals surface area contributed by atoms with Crippen LogP contribution in [0.2, 0.25) is 0 Å². The van der Waals surface area contributed by atoms with Crippen molar-refractivity contribution in [3.63, 3.8) is 0 Å². The van der Waals surface area contributed by atoms with Crippen molar-refractivity contribution in [2.75, 3.05) is 0 Å². The molecule has 0 saturated carbocycles. The molecule has 1 atom stereocenters. The van der Waals surface area contributed by atoms with Crippen LogP contribution in [0.3, 0.4) is 0 Å². The molecular weight excluding hydrogens is 220 g/mol. The van der Waals surface area contributed by atoms with Crippen molar-refractivity contribution in [1.29, 1.82) is 0 Å². The molecule has 0 aromatic carbocycles. The van der Waals surface area contributed by atoms with Gasteiger partial charge in [-0.25, -0.2) is 9.50 Å². The molecule has 4 nitrogen and oxygen atoms in total. The molecule has 0 spiro atoms. The van der Waals surface area contributed by atoms with E-state index in [-0.39, 0.29) is 0 Å². The zero-order chi connectivity index (χ0) is 11.7. The normalized spacial score (nSPS) is 13.2. The molecule has 0 saturated heterocycles. The first-order chi connectivity index (χ1) is 7.60. The van der Waals surface area contributed by atoms with Gasteiger partial charge in [-0.05, 0) is 26.3 Å². The third-order valence-corrected chi connectivity index (χ3v) is 3.60. The lowest BCUT2D eigenvalue weighted by Gasteiger charge is -2.02. The summed E-state index contributed by atoms with van der Waals surface area (Å²) in [6.45, 7) is 8.35. The Hall–Kier alpha value is -1.10. The third-order valence-electron chi connectivity index (χ3n) is 2.48. The van der Waals surface area contributed by atoms with Crippen molar-refractivity contribution < 1.29 is 0 Å². The van der Waals surface area contributed by atoms with Crippen LogP contribution < -0.4 is 0 Å². The van der Waals surface area contributed by atoms with E-state index in [1.165, 1.54) is 0 Å². The second-order valence-electron chi connectivity index (χ2n) is 3.98. The van der Waals surface area contributed by atoms with Crippen LogP contribution >= 0.6 is 11.8 Å². The Morgan fingerprint density at radius 1 is 1.38 bits per heavy atom. The molecule has 2 aromatic heterocycles. The fourth-order valence-electron chi connectivity index (χ4n) is 1.46. The van der Waals surface area contributed by atoms with Gasteiger partial charge in [0.25, 0.3) is 5.78 Å². The molecular formula is C11H16N4S. The maximum absolute atomic E-state index is 4.45. The Morgan fingerprint density at radius 2 is 2.12 bits per heavy atom. The molecule has 0 aliphatic heterocycles. The van der Waals surface area contributed by atoms with Gasteiger partial charge in [0.15, 0.2) is 0 Å². The third kappa shape index (κ3) is 2.19. The highest BCUT2D eigenvalue weighted by atomic mass is 32.2. The lowest BCUT2D eigenvalue weighted by atomic mass is 10.4. The van der Waals surface area contributed by atoms with Crippen molar-refractivity contribution in [3.05, 3.63) is 17.5 Å². The summed E-state index contributed by atoms with van der Waals surface area (Å²) in [5.74, 6) is 0.698. The molecule has 2 rings (SSSR count). The number of fused-ring (bicyclic) bond motifs is 1. The highest BCUT2D eigenvalue weighted by Crippen LogP contribution is 2.22. The topological polar surface area (TPSA) is 43.1 Å². The predicted octanol–water partition coefficient (Wildman–Crippen LogP) is 2.63. The number of rotatable bonds is 3. The molecule has 0 aliphatic rings. The number of aryl methyl sites for hydroxylation is 2. The number of hydrogen-bond donors (Lipinski definition) is 0. The van der Waals surface area contributed by atoms with E-state index < -0.39 is 0 Å². The molecule has 0 bridgehead atoms. The number of aromatic nitrogens is 4. The smallest absolute Gasteiger partial charge is 0.216 e. The first kappa shape index (κ1) is 11.4. The summed E-state index contributed by atoms with van der Waals surface area (Å²) >= 11 is 1.70. The quantitative estimate of drug-likeness (QED) is 0.768. The molecule has 0 radical (unpaired) electrons. The molecule has 0 unspecified atom stereocenters. The molecule has 16 heavy (non-hydrogen) atoms. The van der Waals surface area contributed by atoms with Gasteiger partial charge in [0.05, 0.1) is 0 Å². The van der Waals surface area contributed by atoms with Crippen LogP contribution in [0.4, 0.5) is 0 Å². The van der Waals surface area contributed by atoms with Crippen molar-refractivity contribution in [1.82, 2.24) is 19.6 Å². The van der Waals surface area contributed by atoms with Crippen molar-refractivity contribution in [2.45, 2.75) is 44.5 Å². The lowest BCUT2D eigenvalue weighted by Crippen LogP contribution is -1.97. The number of hydrogen-bond acceptors (Lipinski definition) is 4. The van der Waals surface area contributed by atoms with Crippen LogP contribution in [-0.4, -0.2) is 24.8 Å². The van der Waals surface area contributed by atoms with Gasteiger partial charge < -0.3 is 0 Å². The van der Waals surface area contributed by atoms with E-state index in [9.17, 15) is 0 Å². The fraction of sp³-hybridized carbons (Fsp3) is 0.545. The van der Waals surface area contributed by atoms with Crippen LogP contribution in [0.5, 0.6) is 0 Å². The van der Waals surface area contributed by atoms with Crippen molar-refractivity contribution >= 4 is 17.5 Å². The van der Waals surface area contributed by atoms with E-state index in [1.807, 2.05) is 19.9 Å². The number of thioether (sulfide) groups is 1. The Morgan fingerprint density at radius 3 is 2.81 bits per heavy atom.